The van der Waals surface area contributed by atoms with Crippen molar-refractivity contribution in [2.75, 3.05) is 7.11 Å². The van der Waals surface area contributed by atoms with Crippen LogP contribution in [0.1, 0.15) is 52.0 Å². The summed E-state index contributed by atoms with van der Waals surface area (Å²) in [6.45, 7) is 5.66. The first-order valence-electron chi connectivity index (χ1n) is 11.7. The van der Waals surface area contributed by atoms with Crippen LogP contribution in [-0.2, 0) is 34.1 Å². The zero-order chi connectivity index (χ0) is 24.7. The summed E-state index contributed by atoms with van der Waals surface area (Å²) in [6, 6.07) is 6.76. The van der Waals surface area contributed by atoms with Gasteiger partial charge in [0.2, 0.25) is 0 Å². The monoisotopic (exact) mass is 482 g/mol. The third-order valence-electron chi connectivity index (χ3n) is 9.04. The number of hydrogen-bond donors (Lipinski definition) is 0. The molecule has 2 aliphatic carbocycles. The van der Waals surface area contributed by atoms with Gasteiger partial charge in [-0.3, -0.25) is 4.79 Å². The minimum absolute atomic E-state index is 0.0330. The lowest BCUT2D eigenvalue weighted by molar-refractivity contribution is -0.279. The Morgan fingerprint density at radius 3 is 2.38 bits per heavy atom. The van der Waals surface area contributed by atoms with Crippen molar-refractivity contribution in [3.63, 3.8) is 0 Å². The molecule has 0 bridgehead atoms. The van der Waals surface area contributed by atoms with E-state index in [4.69, 9.17) is 18.9 Å². The Kier molecular flexibility index (Phi) is 5.00. The van der Waals surface area contributed by atoms with Crippen LogP contribution >= 0.6 is 0 Å². The van der Waals surface area contributed by atoms with Gasteiger partial charge in [-0.25, -0.2) is 4.79 Å². The first-order chi connectivity index (χ1) is 15.9. The average molecular weight is 482 g/mol. The molecule has 1 aromatic rings. The molecule has 1 aromatic carbocycles. The second-order valence-corrected chi connectivity index (χ2v) is 10.5. The quantitative estimate of drug-likeness (QED) is 0.471. The van der Waals surface area contributed by atoms with Crippen molar-refractivity contribution in [2.24, 2.45) is 17.3 Å². The summed E-state index contributed by atoms with van der Waals surface area (Å²) < 4.78 is 65.7. The highest BCUT2D eigenvalue weighted by molar-refractivity contribution is 5.83. The Balaban J connectivity index is 1.48. The number of carbonyl (C=O) groups is 2. The highest BCUT2D eigenvalue weighted by atomic mass is 19.4. The predicted molar refractivity (Wildman–Crippen MR) is 112 cm³/mol. The molecule has 6 nitrogen and oxygen atoms in total. The number of fused-ring (bicyclic) bond motifs is 1. The zero-order valence-electron chi connectivity index (χ0n) is 19.6. The number of halogens is 3. The SMILES string of the molecule is CO[C@@](C(=O)O[C@H]1CC[C@]2(C)CC[C@H]3[C@H](C)C(=O)O[C@@H]3[C@@]23O[C@@]13C)(c1ccccc1)C(F)(F)F. The Bertz CT molecular complexity index is 1010. The topological polar surface area (TPSA) is 74.4 Å². The van der Waals surface area contributed by atoms with E-state index in [1.165, 1.54) is 24.3 Å². The van der Waals surface area contributed by atoms with Crippen molar-refractivity contribution in [3.8, 4) is 0 Å². The Morgan fingerprint density at radius 2 is 1.76 bits per heavy atom. The minimum Gasteiger partial charge on any atom is -0.459 e. The van der Waals surface area contributed by atoms with Gasteiger partial charge in [0.25, 0.3) is 5.60 Å². The molecule has 2 aliphatic heterocycles. The highest BCUT2D eigenvalue weighted by Gasteiger charge is 2.87. The van der Waals surface area contributed by atoms with Gasteiger partial charge in [0.15, 0.2) is 0 Å². The third-order valence-corrected chi connectivity index (χ3v) is 9.04. The average Bonchev–Trinajstić information content (AvgIpc) is 3.34. The van der Waals surface area contributed by atoms with Crippen LogP contribution in [0.2, 0.25) is 0 Å². The summed E-state index contributed by atoms with van der Waals surface area (Å²) in [6.07, 6.45) is -3.97. The molecule has 186 valence electrons. The number of rotatable bonds is 4. The molecule has 5 rings (SSSR count). The van der Waals surface area contributed by atoms with E-state index in [9.17, 15) is 22.8 Å². The number of ether oxygens (including phenoxy) is 4. The standard InChI is InChI=1S/C25H29F3O6/c1-14-16-10-12-21(2)13-11-17(22(3)24(21,34-22)18(16)33-19(14)29)32-20(30)23(31-4,25(26,27)28)15-8-6-5-7-9-15/h5-9,14,16-18H,10-13H2,1-4H3/t14-,16-,17-,18-,21-,22-,23+,24+/m0/s1. The molecule has 0 N–H and O–H groups in total. The molecule has 4 aliphatic rings. The van der Waals surface area contributed by atoms with Crippen LogP contribution in [0.15, 0.2) is 30.3 Å². The van der Waals surface area contributed by atoms with Gasteiger partial charge >= 0.3 is 18.1 Å². The summed E-state index contributed by atoms with van der Waals surface area (Å²) in [7, 11) is 0.849. The van der Waals surface area contributed by atoms with E-state index >= 15 is 0 Å². The van der Waals surface area contributed by atoms with Crippen molar-refractivity contribution in [2.45, 2.75) is 81.6 Å². The van der Waals surface area contributed by atoms with Gasteiger partial charge in [-0.1, -0.05) is 44.2 Å². The molecule has 2 heterocycles. The van der Waals surface area contributed by atoms with E-state index in [2.05, 4.69) is 6.92 Å². The molecular weight excluding hydrogens is 453 g/mol. The predicted octanol–water partition coefficient (Wildman–Crippen LogP) is 4.30. The molecule has 4 fully saturated rings. The molecule has 9 heteroatoms. The van der Waals surface area contributed by atoms with E-state index in [-0.39, 0.29) is 28.8 Å². The lowest BCUT2D eigenvalue weighted by atomic mass is 9.52. The van der Waals surface area contributed by atoms with Crippen LogP contribution in [0.4, 0.5) is 13.2 Å². The highest BCUT2D eigenvalue weighted by Crippen LogP contribution is 2.73. The second-order valence-electron chi connectivity index (χ2n) is 10.5. The molecule has 2 saturated heterocycles. The van der Waals surface area contributed by atoms with Crippen molar-refractivity contribution in [3.05, 3.63) is 35.9 Å². The van der Waals surface area contributed by atoms with Gasteiger partial charge in [-0.15, -0.1) is 0 Å². The molecular formula is C25H29F3O6. The molecule has 0 unspecified atom stereocenters. The molecule has 8 atom stereocenters. The maximum Gasteiger partial charge on any atom is 0.432 e. The maximum absolute atomic E-state index is 14.3. The fourth-order valence-electron chi connectivity index (χ4n) is 7.04. The van der Waals surface area contributed by atoms with Crippen LogP contribution in [0.25, 0.3) is 0 Å². The number of alkyl halides is 3. The summed E-state index contributed by atoms with van der Waals surface area (Å²) in [5, 5.41) is 0. The van der Waals surface area contributed by atoms with Crippen LogP contribution < -0.4 is 0 Å². The van der Waals surface area contributed by atoms with Gasteiger partial charge in [-0.2, -0.15) is 13.2 Å². The third kappa shape index (κ3) is 2.71. The van der Waals surface area contributed by atoms with Crippen molar-refractivity contribution in [1.82, 2.24) is 0 Å². The Morgan fingerprint density at radius 1 is 1.12 bits per heavy atom. The molecule has 1 spiro atoms. The van der Waals surface area contributed by atoms with Gasteiger partial charge < -0.3 is 18.9 Å². The largest absolute Gasteiger partial charge is 0.459 e. The number of hydrogen-bond acceptors (Lipinski definition) is 6. The first-order valence-corrected chi connectivity index (χ1v) is 11.7. The molecule has 0 radical (unpaired) electrons. The fraction of sp³-hybridized carbons (Fsp3) is 0.680. The zero-order valence-corrected chi connectivity index (χ0v) is 19.6. The van der Waals surface area contributed by atoms with E-state index in [1.807, 2.05) is 6.92 Å². The molecule has 0 amide bonds. The summed E-state index contributed by atoms with van der Waals surface area (Å²) in [4.78, 5) is 25.7. The lowest BCUT2D eigenvalue weighted by Crippen LogP contribution is -2.62. The lowest BCUT2D eigenvalue weighted by Gasteiger charge is -2.50. The van der Waals surface area contributed by atoms with Crippen molar-refractivity contribution in [1.29, 1.82) is 0 Å². The second kappa shape index (κ2) is 7.20. The minimum atomic E-state index is -5.06. The van der Waals surface area contributed by atoms with E-state index in [0.717, 1.165) is 20.0 Å². The van der Waals surface area contributed by atoms with Gasteiger partial charge in [0.05, 0.1) is 5.92 Å². The summed E-state index contributed by atoms with van der Waals surface area (Å²) >= 11 is 0. The fourth-order valence-corrected chi connectivity index (χ4v) is 7.04. The van der Waals surface area contributed by atoms with E-state index < -0.39 is 41.2 Å². The summed E-state index contributed by atoms with van der Waals surface area (Å²) in [5.74, 6) is -2.12. The number of benzene rings is 1. The summed E-state index contributed by atoms with van der Waals surface area (Å²) in [5.41, 5.74) is -5.92. The van der Waals surface area contributed by atoms with Crippen molar-refractivity contribution >= 4 is 11.9 Å². The van der Waals surface area contributed by atoms with Crippen LogP contribution in [-0.4, -0.2) is 48.6 Å². The van der Waals surface area contributed by atoms with Gasteiger partial charge in [-0.05, 0) is 32.6 Å². The van der Waals surface area contributed by atoms with Crippen molar-refractivity contribution < 1.29 is 41.7 Å². The van der Waals surface area contributed by atoms with E-state index in [1.54, 1.807) is 13.0 Å². The smallest absolute Gasteiger partial charge is 0.432 e. The number of carbonyl (C=O) groups excluding carboxylic acids is 2. The number of epoxide rings is 1. The molecule has 2 saturated carbocycles. The van der Waals surface area contributed by atoms with Crippen LogP contribution in [0.3, 0.4) is 0 Å². The number of esters is 2. The number of methoxy groups -OCH3 is 1. The molecule has 0 aromatic heterocycles. The normalized spacial score (nSPS) is 42.5. The van der Waals surface area contributed by atoms with Crippen LogP contribution in [0, 0.1) is 17.3 Å². The molecule has 34 heavy (non-hydrogen) atoms. The first kappa shape index (κ1) is 23.6. The van der Waals surface area contributed by atoms with Gasteiger partial charge in [0.1, 0.15) is 23.4 Å². The van der Waals surface area contributed by atoms with Crippen LogP contribution in [0.5, 0.6) is 0 Å². The van der Waals surface area contributed by atoms with E-state index in [0.29, 0.717) is 12.8 Å². The van der Waals surface area contributed by atoms with Gasteiger partial charge in [0, 0.05) is 24.0 Å². The Hall–Kier alpha value is -2.13. The maximum atomic E-state index is 14.3. The Labute approximate surface area is 196 Å².